The number of carbonyl (C=O) groups excluding carboxylic acids is 1. The molecule has 0 bridgehead atoms. The highest BCUT2D eigenvalue weighted by atomic mass is 79.9. The summed E-state index contributed by atoms with van der Waals surface area (Å²) in [5.41, 5.74) is 1.81. The van der Waals surface area contributed by atoms with Gasteiger partial charge in [0.1, 0.15) is 0 Å². The molecule has 1 aromatic rings. The van der Waals surface area contributed by atoms with Crippen molar-refractivity contribution in [1.82, 2.24) is 4.98 Å². The third kappa shape index (κ3) is 1.93. The van der Waals surface area contributed by atoms with E-state index in [1.165, 1.54) is 5.56 Å². The molecule has 0 unspecified atom stereocenters. The Morgan fingerprint density at radius 1 is 1.73 bits per heavy atom. The van der Waals surface area contributed by atoms with Crippen LogP contribution in [0.1, 0.15) is 29.4 Å². The number of aromatic nitrogens is 1. The molecule has 11 heavy (non-hydrogen) atoms. The van der Waals surface area contributed by atoms with Crippen LogP contribution in [0.5, 0.6) is 0 Å². The highest BCUT2D eigenvalue weighted by Gasteiger charge is 2.02. The molecule has 60 valence electrons. The molecule has 0 aliphatic heterocycles. The summed E-state index contributed by atoms with van der Waals surface area (Å²) in [6, 6.07) is 1.88. The topological polar surface area (TPSA) is 32.9 Å². The molecular weight excluding hydrogens is 206 g/mol. The lowest BCUT2D eigenvalue weighted by molar-refractivity contribution is 0.111. The van der Waals surface area contributed by atoms with Crippen LogP contribution in [0.3, 0.4) is 0 Å². The molecule has 2 nitrogen and oxygen atoms in total. The SMILES string of the molecule is CCCc1cc(C=O)[nH]c1Br. The van der Waals surface area contributed by atoms with Gasteiger partial charge in [0.15, 0.2) is 6.29 Å². The minimum atomic E-state index is 0.639. The van der Waals surface area contributed by atoms with Crippen molar-refractivity contribution < 1.29 is 4.79 Å². The number of hydrogen-bond acceptors (Lipinski definition) is 1. The van der Waals surface area contributed by atoms with Gasteiger partial charge in [0.25, 0.3) is 0 Å². The average Bonchev–Trinajstić information content (AvgIpc) is 2.33. The lowest BCUT2D eigenvalue weighted by Crippen LogP contribution is -1.78. The fourth-order valence-corrected chi connectivity index (χ4v) is 1.55. The fraction of sp³-hybridized carbons (Fsp3) is 0.375. The number of aryl methyl sites for hydroxylation is 1. The molecule has 3 heteroatoms. The highest BCUT2D eigenvalue weighted by Crippen LogP contribution is 2.17. The zero-order valence-corrected chi connectivity index (χ0v) is 7.94. The summed E-state index contributed by atoms with van der Waals surface area (Å²) in [4.78, 5) is 13.3. The molecule has 1 rings (SSSR count). The van der Waals surface area contributed by atoms with Crippen LogP contribution in [0.25, 0.3) is 0 Å². The van der Waals surface area contributed by atoms with Gasteiger partial charge in [-0.15, -0.1) is 0 Å². The molecule has 0 saturated carbocycles. The van der Waals surface area contributed by atoms with Gasteiger partial charge in [-0.3, -0.25) is 4.79 Å². The van der Waals surface area contributed by atoms with Crippen LogP contribution in [0.4, 0.5) is 0 Å². The van der Waals surface area contributed by atoms with Crippen LogP contribution in [-0.2, 0) is 6.42 Å². The minimum Gasteiger partial charge on any atom is -0.347 e. The molecule has 0 spiro atoms. The van der Waals surface area contributed by atoms with Gasteiger partial charge in [-0.1, -0.05) is 13.3 Å². The molecule has 0 atom stereocenters. The van der Waals surface area contributed by atoms with E-state index in [2.05, 4.69) is 27.8 Å². The number of halogens is 1. The number of aromatic amines is 1. The van der Waals surface area contributed by atoms with Crippen molar-refractivity contribution in [1.29, 1.82) is 0 Å². The molecule has 0 radical (unpaired) electrons. The Morgan fingerprint density at radius 2 is 2.45 bits per heavy atom. The Bertz CT molecular complexity index is 255. The number of H-pyrrole nitrogens is 1. The van der Waals surface area contributed by atoms with Crippen molar-refractivity contribution >= 4 is 22.2 Å². The van der Waals surface area contributed by atoms with E-state index in [4.69, 9.17) is 0 Å². The molecule has 0 amide bonds. The first-order chi connectivity index (χ1) is 5.27. The summed E-state index contributed by atoms with van der Waals surface area (Å²) in [7, 11) is 0. The van der Waals surface area contributed by atoms with Crippen molar-refractivity contribution in [3.8, 4) is 0 Å². The largest absolute Gasteiger partial charge is 0.347 e. The molecule has 0 aliphatic carbocycles. The summed E-state index contributed by atoms with van der Waals surface area (Å²) < 4.78 is 0.932. The summed E-state index contributed by atoms with van der Waals surface area (Å²) in [5, 5.41) is 0. The number of aldehydes is 1. The van der Waals surface area contributed by atoms with E-state index in [-0.39, 0.29) is 0 Å². The maximum Gasteiger partial charge on any atom is 0.166 e. The van der Waals surface area contributed by atoms with E-state index in [1.807, 2.05) is 6.07 Å². The van der Waals surface area contributed by atoms with Gasteiger partial charge in [0.05, 0.1) is 10.3 Å². The molecule has 0 aromatic carbocycles. The quantitative estimate of drug-likeness (QED) is 0.773. The summed E-state index contributed by atoms with van der Waals surface area (Å²) in [6.07, 6.45) is 2.92. The lowest BCUT2D eigenvalue weighted by atomic mass is 10.2. The Balaban J connectivity index is 2.87. The number of nitrogens with one attached hydrogen (secondary N) is 1. The third-order valence-corrected chi connectivity index (χ3v) is 2.22. The van der Waals surface area contributed by atoms with Crippen LogP contribution < -0.4 is 0 Å². The second-order valence-electron chi connectivity index (χ2n) is 2.43. The maximum atomic E-state index is 10.3. The first-order valence-electron chi connectivity index (χ1n) is 3.60. The van der Waals surface area contributed by atoms with Crippen molar-refractivity contribution in [3.63, 3.8) is 0 Å². The average molecular weight is 216 g/mol. The Morgan fingerprint density at radius 3 is 2.91 bits per heavy atom. The Kier molecular flexibility index (Phi) is 2.88. The molecule has 1 N–H and O–H groups in total. The van der Waals surface area contributed by atoms with Crippen LogP contribution in [-0.4, -0.2) is 11.3 Å². The van der Waals surface area contributed by atoms with Crippen LogP contribution in [0.2, 0.25) is 0 Å². The van der Waals surface area contributed by atoms with Gasteiger partial charge < -0.3 is 4.98 Å². The first kappa shape index (κ1) is 8.53. The third-order valence-electron chi connectivity index (χ3n) is 1.51. The molecule has 0 saturated heterocycles. The van der Waals surface area contributed by atoms with Crippen molar-refractivity contribution in [2.45, 2.75) is 19.8 Å². The van der Waals surface area contributed by atoms with Crippen molar-refractivity contribution in [2.75, 3.05) is 0 Å². The summed E-state index contributed by atoms with van der Waals surface area (Å²) in [5.74, 6) is 0. The van der Waals surface area contributed by atoms with E-state index in [1.54, 1.807) is 0 Å². The Labute approximate surface area is 74.1 Å². The predicted octanol–water partition coefficient (Wildman–Crippen LogP) is 2.54. The van der Waals surface area contributed by atoms with E-state index >= 15 is 0 Å². The normalized spacial score (nSPS) is 10.0. The number of hydrogen-bond donors (Lipinski definition) is 1. The van der Waals surface area contributed by atoms with E-state index in [0.29, 0.717) is 5.69 Å². The standard InChI is InChI=1S/C8H10BrNO/c1-2-3-6-4-7(5-11)10-8(6)9/h4-5,10H,2-3H2,1H3. The highest BCUT2D eigenvalue weighted by molar-refractivity contribution is 9.10. The van der Waals surface area contributed by atoms with Gasteiger partial charge in [0, 0.05) is 0 Å². The number of carbonyl (C=O) groups is 1. The monoisotopic (exact) mass is 215 g/mol. The smallest absolute Gasteiger partial charge is 0.166 e. The first-order valence-corrected chi connectivity index (χ1v) is 4.39. The molecular formula is C8H10BrNO. The molecule has 1 aromatic heterocycles. The van der Waals surface area contributed by atoms with Crippen molar-refractivity contribution in [2.24, 2.45) is 0 Å². The van der Waals surface area contributed by atoms with E-state index < -0.39 is 0 Å². The zero-order valence-electron chi connectivity index (χ0n) is 6.36. The summed E-state index contributed by atoms with van der Waals surface area (Å²) >= 11 is 3.34. The van der Waals surface area contributed by atoms with Gasteiger partial charge in [-0.2, -0.15) is 0 Å². The van der Waals surface area contributed by atoms with Gasteiger partial charge in [0.2, 0.25) is 0 Å². The second-order valence-corrected chi connectivity index (χ2v) is 3.22. The van der Waals surface area contributed by atoms with Crippen LogP contribution in [0, 0.1) is 0 Å². The van der Waals surface area contributed by atoms with Crippen molar-refractivity contribution in [3.05, 3.63) is 21.9 Å². The van der Waals surface area contributed by atoms with Gasteiger partial charge >= 0.3 is 0 Å². The van der Waals surface area contributed by atoms with Crippen LogP contribution in [0.15, 0.2) is 10.7 Å². The predicted molar refractivity (Wildman–Crippen MR) is 47.9 cm³/mol. The second kappa shape index (κ2) is 3.72. The molecule has 1 heterocycles. The van der Waals surface area contributed by atoms with Gasteiger partial charge in [-0.05, 0) is 34.0 Å². The maximum absolute atomic E-state index is 10.3. The lowest BCUT2D eigenvalue weighted by Gasteiger charge is -1.91. The van der Waals surface area contributed by atoms with Crippen LogP contribution >= 0.6 is 15.9 Å². The minimum absolute atomic E-state index is 0.639. The number of rotatable bonds is 3. The Hall–Kier alpha value is -0.570. The fourth-order valence-electron chi connectivity index (χ4n) is 1.01. The molecule has 0 fully saturated rings. The molecule has 0 aliphatic rings. The summed E-state index contributed by atoms with van der Waals surface area (Å²) in [6.45, 7) is 2.11. The van der Waals surface area contributed by atoms with Gasteiger partial charge in [-0.25, -0.2) is 0 Å². The van der Waals surface area contributed by atoms with E-state index in [9.17, 15) is 4.79 Å². The van der Waals surface area contributed by atoms with E-state index in [0.717, 1.165) is 23.7 Å². The zero-order chi connectivity index (χ0) is 8.27.